The highest BCUT2D eigenvalue weighted by Gasteiger charge is 2.67. The molecule has 1 heterocycles. The minimum Gasteiger partial charge on any atom is -0.412 e. The number of hydrogen-bond acceptors (Lipinski definition) is 10. The van der Waals surface area contributed by atoms with Crippen molar-refractivity contribution in [1.82, 2.24) is 0 Å². The summed E-state index contributed by atoms with van der Waals surface area (Å²) < 4.78 is 66.9. The molecule has 40 heavy (non-hydrogen) atoms. The summed E-state index contributed by atoms with van der Waals surface area (Å²) in [6, 6.07) is 0. The van der Waals surface area contributed by atoms with Crippen molar-refractivity contribution in [2.45, 2.75) is 96.9 Å². The summed E-state index contributed by atoms with van der Waals surface area (Å²) in [6.45, 7) is 21.5. The molecule has 0 aromatic carbocycles. The molecule has 0 aromatic rings. The maximum absolute atomic E-state index is 7.46. The van der Waals surface area contributed by atoms with Crippen molar-refractivity contribution in [3.05, 3.63) is 0 Å². The fourth-order valence-electron chi connectivity index (χ4n) is 4.88. The first-order valence-corrected chi connectivity index (χ1v) is 25.0. The van der Waals surface area contributed by atoms with E-state index in [0.717, 1.165) is 0 Å². The second-order valence-corrected chi connectivity index (χ2v) is 31.9. The molecular weight excluding hydrogens is 601 g/mol. The third kappa shape index (κ3) is 8.44. The van der Waals surface area contributed by atoms with Crippen LogP contribution in [0.5, 0.6) is 0 Å². The van der Waals surface area contributed by atoms with E-state index in [2.05, 4.69) is 69.2 Å². The lowest BCUT2D eigenvalue weighted by atomic mass is 10.6. The Morgan fingerprint density at radius 1 is 0.325 bits per heavy atom. The number of methoxy groups -OCH3 is 5. The Balaban J connectivity index is 4.37. The summed E-state index contributed by atoms with van der Waals surface area (Å²) in [7, 11) is -7.54. The molecule has 0 unspecified atom stereocenters. The molecule has 0 aliphatic carbocycles. The van der Waals surface area contributed by atoms with E-state index in [1.54, 1.807) is 35.5 Å². The number of ether oxygens (including phenoxy) is 5. The van der Waals surface area contributed by atoms with Gasteiger partial charge in [-0.1, -0.05) is 69.2 Å². The highest BCUT2D eigenvalue weighted by Crippen LogP contribution is 2.46. The summed E-state index contributed by atoms with van der Waals surface area (Å²) >= 11 is 0. The summed E-state index contributed by atoms with van der Waals surface area (Å²) in [5.74, 6) is 0. The van der Waals surface area contributed by atoms with E-state index in [1.165, 1.54) is 0 Å². The molecule has 1 aliphatic heterocycles. The first-order chi connectivity index (χ1) is 18.6. The van der Waals surface area contributed by atoms with Gasteiger partial charge in [0.05, 0.1) is 31.2 Å². The third-order valence-electron chi connectivity index (χ3n) is 7.85. The van der Waals surface area contributed by atoms with Gasteiger partial charge in [0.25, 0.3) is 0 Å². The Morgan fingerprint density at radius 3 is 0.525 bits per heavy atom. The van der Waals surface area contributed by atoms with Crippen molar-refractivity contribution in [2.24, 2.45) is 0 Å². The Morgan fingerprint density at radius 2 is 0.450 bits per heavy atom. The summed E-state index contributed by atoms with van der Waals surface area (Å²) in [5.41, 5.74) is 0.139. The van der Waals surface area contributed by atoms with Crippen molar-refractivity contribution in [3.8, 4) is 0 Å². The normalized spacial score (nSPS) is 34.5. The average molecular weight is 661 g/mol. The molecule has 240 valence electrons. The monoisotopic (exact) mass is 660 g/mol. The zero-order valence-electron chi connectivity index (χ0n) is 28.0. The van der Waals surface area contributed by atoms with Gasteiger partial charge in [-0.15, -0.1) is 0 Å². The van der Waals surface area contributed by atoms with E-state index in [9.17, 15) is 0 Å². The van der Waals surface area contributed by atoms with Gasteiger partial charge in [-0.05, 0) is 27.7 Å². The Bertz CT molecular complexity index is 591. The van der Waals surface area contributed by atoms with Gasteiger partial charge in [-0.2, -0.15) is 0 Å². The second kappa shape index (κ2) is 16.1. The standard InChI is InChI=1S/C25H60O10Si5/c1-21(2)36(16-26-11)31-37(17-27-12,22(3)4)33-39(19-29-14,24(7)8)35-40(20-30-15,25(9)10)34-38(32-36,18-28-13)23(5)6/h21-25H,16-20H2,1-15H3. The van der Waals surface area contributed by atoms with Crippen LogP contribution in [0.25, 0.3) is 0 Å². The molecule has 0 aromatic heterocycles. The van der Waals surface area contributed by atoms with Gasteiger partial charge in [0.2, 0.25) is 0 Å². The van der Waals surface area contributed by atoms with Crippen LogP contribution in [0.15, 0.2) is 0 Å². The van der Waals surface area contributed by atoms with Crippen molar-refractivity contribution in [1.29, 1.82) is 0 Å². The van der Waals surface area contributed by atoms with Gasteiger partial charge >= 0.3 is 42.8 Å². The molecule has 0 bridgehead atoms. The molecular formula is C25H60O10Si5. The van der Waals surface area contributed by atoms with Crippen LogP contribution in [0, 0.1) is 0 Å². The lowest BCUT2D eigenvalue weighted by molar-refractivity contribution is 0.105. The topological polar surface area (TPSA) is 92.3 Å². The Hall–Kier alpha value is 0.684. The second-order valence-electron chi connectivity index (χ2n) is 12.5. The van der Waals surface area contributed by atoms with Crippen LogP contribution in [0.4, 0.5) is 0 Å². The van der Waals surface area contributed by atoms with Crippen LogP contribution in [0.2, 0.25) is 27.7 Å². The fraction of sp³-hybridized carbons (Fsp3) is 1.00. The van der Waals surface area contributed by atoms with E-state index >= 15 is 0 Å². The maximum atomic E-state index is 7.46. The lowest BCUT2D eigenvalue weighted by Gasteiger charge is -2.56. The molecule has 1 fully saturated rings. The van der Waals surface area contributed by atoms with Crippen molar-refractivity contribution in [3.63, 3.8) is 0 Å². The summed E-state index contributed by atoms with van der Waals surface area (Å²) in [4.78, 5) is 0. The molecule has 0 amide bonds. The van der Waals surface area contributed by atoms with Crippen molar-refractivity contribution in [2.75, 3.05) is 66.7 Å². The molecule has 0 saturated carbocycles. The molecule has 10 nitrogen and oxygen atoms in total. The zero-order chi connectivity index (χ0) is 31.0. The first-order valence-electron chi connectivity index (χ1n) is 14.5. The van der Waals surface area contributed by atoms with Gasteiger partial charge in [0.15, 0.2) is 0 Å². The van der Waals surface area contributed by atoms with Gasteiger partial charge in [-0.3, -0.25) is 0 Å². The maximum Gasteiger partial charge on any atom is 0.350 e. The van der Waals surface area contributed by atoms with Gasteiger partial charge in [-0.25, -0.2) is 0 Å². The minimum atomic E-state index is -3.21. The van der Waals surface area contributed by atoms with E-state index in [1.807, 2.05) is 0 Å². The lowest BCUT2D eigenvalue weighted by Crippen LogP contribution is -2.77. The van der Waals surface area contributed by atoms with Gasteiger partial charge in [0.1, 0.15) is 0 Å². The predicted molar refractivity (Wildman–Crippen MR) is 169 cm³/mol. The van der Waals surface area contributed by atoms with Crippen LogP contribution in [-0.4, -0.2) is 110 Å². The zero-order valence-corrected chi connectivity index (χ0v) is 33.0. The molecule has 1 saturated heterocycles. The van der Waals surface area contributed by atoms with Crippen molar-refractivity contribution >= 4 is 42.8 Å². The van der Waals surface area contributed by atoms with Crippen LogP contribution in [0.1, 0.15) is 69.2 Å². The highest BCUT2D eigenvalue weighted by atomic mass is 28.5. The molecule has 1 rings (SSSR count). The predicted octanol–water partition coefficient (Wildman–Crippen LogP) is 5.27. The highest BCUT2D eigenvalue weighted by molar-refractivity contribution is 6.96. The molecule has 15 heteroatoms. The van der Waals surface area contributed by atoms with E-state index in [0.29, 0.717) is 31.2 Å². The van der Waals surface area contributed by atoms with Crippen LogP contribution in [0.3, 0.4) is 0 Å². The molecule has 0 spiro atoms. The molecule has 0 radical (unpaired) electrons. The number of rotatable bonds is 15. The fourth-order valence-corrected chi connectivity index (χ4v) is 34.7. The smallest absolute Gasteiger partial charge is 0.350 e. The molecule has 0 N–H and O–H groups in total. The van der Waals surface area contributed by atoms with E-state index in [4.69, 9.17) is 44.3 Å². The Kier molecular flexibility index (Phi) is 15.6. The molecule has 0 atom stereocenters. The first kappa shape index (κ1) is 38.7. The van der Waals surface area contributed by atoms with Crippen LogP contribution in [-0.2, 0) is 44.3 Å². The van der Waals surface area contributed by atoms with Gasteiger partial charge < -0.3 is 44.3 Å². The minimum absolute atomic E-state index is 0.0278. The van der Waals surface area contributed by atoms with Crippen molar-refractivity contribution < 1.29 is 44.3 Å². The van der Waals surface area contributed by atoms with E-state index < -0.39 is 42.8 Å². The average Bonchev–Trinajstić information content (AvgIpc) is 2.83. The largest absolute Gasteiger partial charge is 0.412 e. The summed E-state index contributed by atoms with van der Waals surface area (Å²) in [5, 5.41) is 0. The SMILES string of the molecule is COC[Si]1(C(C)C)O[Si](COC)(C(C)C)O[Si](COC)(C(C)C)O[Si](COC)(C(C)C)O[Si](COC)(C(C)C)O1. The van der Waals surface area contributed by atoms with Crippen LogP contribution >= 0.6 is 0 Å². The summed E-state index contributed by atoms with van der Waals surface area (Å²) in [6.07, 6.45) is 1.65. The Labute approximate surface area is 250 Å². The quantitative estimate of drug-likeness (QED) is 0.216. The molecule has 1 aliphatic rings. The number of hydrogen-bond donors (Lipinski definition) is 0. The van der Waals surface area contributed by atoms with E-state index in [-0.39, 0.29) is 27.7 Å². The van der Waals surface area contributed by atoms with Crippen LogP contribution < -0.4 is 0 Å². The van der Waals surface area contributed by atoms with Gasteiger partial charge in [0, 0.05) is 35.5 Å². The third-order valence-corrected chi connectivity index (χ3v) is 33.9.